The molecule has 5 heteroatoms. The van der Waals surface area contributed by atoms with Gasteiger partial charge >= 0.3 is 0 Å². The molecule has 1 saturated carbocycles. The first kappa shape index (κ1) is 14.5. The molecule has 0 saturated heterocycles. The van der Waals surface area contributed by atoms with Crippen LogP contribution in [0, 0.1) is 6.92 Å². The van der Waals surface area contributed by atoms with Gasteiger partial charge in [0, 0.05) is 25.1 Å². The van der Waals surface area contributed by atoms with E-state index >= 15 is 0 Å². The van der Waals surface area contributed by atoms with Gasteiger partial charge in [0.2, 0.25) is 0 Å². The maximum absolute atomic E-state index is 11.3. The highest BCUT2D eigenvalue weighted by atomic mass is 16.1. The Kier molecular flexibility index (Phi) is 4.37. The van der Waals surface area contributed by atoms with Gasteiger partial charge in [0.25, 0.3) is 0 Å². The molecule has 5 nitrogen and oxygen atoms in total. The van der Waals surface area contributed by atoms with Crippen molar-refractivity contribution in [1.82, 2.24) is 14.5 Å². The van der Waals surface area contributed by atoms with E-state index in [0.29, 0.717) is 30.5 Å². The van der Waals surface area contributed by atoms with Crippen LogP contribution in [0.3, 0.4) is 0 Å². The lowest BCUT2D eigenvalue weighted by molar-refractivity contribution is -0.120. The molecule has 108 valence electrons. The second kappa shape index (κ2) is 6.03. The molecule has 0 aromatic carbocycles. The third-order valence-corrected chi connectivity index (χ3v) is 3.73. The number of Topliss-reactive ketones (excluding diaryl/α,β-unsaturated/α-hetero) is 1. The average molecular weight is 274 g/mol. The van der Waals surface area contributed by atoms with Gasteiger partial charge in [0.1, 0.15) is 23.6 Å². The van der Waals surface area contributed by atoms with E-state index in [0.717, 1.165) is 29.4 Å². The van der Waals surface area contributed by atoms with Crippen molar-refractivity contribution >= 4 is 22.6 Å². The third-order valence-electron chi connectivity index (χ3n) is 3.73. The van der Waals surface area contributed by atoms with Gasteiger partial charge in [-0.15, -0.1) is 0 Å². The quantitative estimate of drug-likeness (QED) is 0.867. The number of ketones is 1. The number of hydrogen-bond donors (Lipinski definition) is 1. The number of hydrogen-bond acceptors (Lipinski definition) is 4. The summed E-state index contributed by atoms with van der Waals surface area (Å²) in [5.74, 6) is 0.900. The maximum Gasteiger partial charge on any atom is 0.145 e. The molecule has 2 heterocycles. The van der Waals surface area contributed by atoms with Crippen molar-refractivity contribution in [3.8, 4) is 0 Å². The lowest BCUT2D eigenvalue weighted by atomic mass is 9.94. The molecular formula is C15H22N4O. The van der Waals surface area contributed by atoms with Crippen LogP contribution in [0.15, 0.2) is 12.5 Å². The summed E-state index contributed by atoms with van der Waals surface area (Å²) in [4.78, 5) is 19.7. The highest BCUT2D eigenvalue weighted by Gasteiger charge is 2.22. The summed E-state index contributed by atoms with van der Waals surface area (Å²) in [7, 11) is 0. The number of aromatic nitrogens is 3. The zero-order chi connectivity index (χ0) is 14.7. The molecule has 0 amide bonds. The van der Waals surface area contributed by atoms with Crippen LogP contribution in [-0.2, 0) is 4.79 Å². The number of rotatable bonds is 1. The van der Waals surface area contributed by atoms with Crippen molar-refractivity contribution in [2.75, 3.05) is 5.73 Å². The first-order chi connectivity index (χ1) is 9.66. The summed E-state index contributed by atoms with van der Waals surface area (Å²) >= 11 is 0. The summed E-state index contributed by atoms with van der Waals surface area (Å²) < 4.78 is 2.16. The number of carbonyl (C=O) groups excluding carboxylic acids is 1. The summed E-state index contributed by atoms with van der Waals surface area (Å²) in [6.45, 7) is 6.02. The molecule has 0 radical (unpaired) electrons. The van der Waals surface area contributed by atoms with E-state index in [4.69, 9.17) is 5.73 Å². The van der Waals surface area contributed by atoms with Crippen LogP contribution >= 0.6 is 0 Å². The van der Waals surface area contributed by atoms with Crippen molar-refractivity contribution in [1.29, 1.82) is 0 Å². The zero-order valence-electron chi connectivity index (χ0n) is 12.4. The monoisotopic (exact) mass is 274 g/mol. The number of nitrogens with zero attached hydrogens (tertiary/aromatic N) is 3. The SMILES string of the molecule is CC.Cc1cn(C2CCC(=O)CC2)c2ncnc(N)c12. The fourth-order valence-electron chi connectivity index (χ4n) is 2.78. The van der Waals surface area contributed by atoms with Gasteiger partial charge < -0.3 is 10.3 Å². The van der Waals surface area contributed by atoms with Gasteiger partial charge in [0.15, 0.2) is 0 Å². The number of anilines is 1. The number of fused-ring (bicyclic) bond motifs is 1. The molecule has 0 bridgehead atoms. The predicted octanol–water partition coefficient (Wildman–Crippen LogP) is 3.03. The van der Waals surface area contributed by atoms with E-state index < -0.39 is 0 Å². The number of carbonyl (C=O) groups is 1. The fourth-order valence-corrected chi connectivity index (χ4v) is 2.78. The van der Waals surface area contributed by atoms with E-state index in [-0.39, 0.29) is 0 Å². The minimum atomic E-state index is 0.355. The Morgan fingerprint density at radius 3 is 2.55 bits per heavy atom. The van der Waals surface area contributed by atoms with Gasteiger partial charge in [-0.3, -0.25) is 4.79 Å². The van der Waals surface area contributed by atoms with Crippen LogP contribution in [0.1, 0.15) is 51.1 Å². The molecular weight excluding hydrogens is 252 g/mol. The van der Waals surface area contributed by atoms with Gasteiger partial charge in [-0.1, -0.05) is 13.8 Å². The average Bonchev–Trinajstić information content (AvgIpc) is 2.81. The van der Waals surface area contributed by atoms with Crippen LogP contribution in [-0.4, -0.2) is 20.3 Å². The molecule has 20 heavy (non-hydrogen) atoms. The third kappa shape index (κ3) is 2.53. The second-order valence-electron chi connectivity index (χ2n) is 4.95. The van der Waals surface area contributed by atoms with Crippen molar-refractivity contribution in [3.05, 3.63) is 18.1 Å². The lowest BCUT2D eigenvalue weighted by Gasteiger charge is -2.23. The van der Waals surface area contributed by atoms with Crippen molar-refractivity contribution < 1.29 is 4.79 Å². The molecule has 1 fully saturated rings. The molecule has 0 aliphatic heterocycles. The molecule has 1 aliphatic rings. The van der Waals surface area contributed by atoms with E-state index in [1.165, 1.54) is 6.33 Å². The van der Waals surface area contributed by atoms with Crippen LogP contribution in [0.2, 0.25) is 0 Å². The molecule has 0 atom stereocenters. The molecule has 2 N–H and O–H groups in total. The second-order valence-corrected chi connectivity index (χ2v) is 4.95. The molecule has 2 aromatic rings. The van der Waals surface area contributed by atoms with Crippen LogP contribution in [0.25, 0.3) is 11.0 Å². The zero-order valence-corrected chi connectivity index (χ0v) is 12.4. The van der Waals surface area contributed by atoms with Gasteiger partial charge in [-0.05, 0) is 25.3 Å². The highest BCUT2D eigenvalue weighted by Crippen LogP contribution is 2.32. The van der Waals surface area contributed by atoms with E-state index in [2.05, 4.69) is 20.7 Å². The Morgan fingerprint density at radius 1 is 1.25 bits per heavy atom. The number of nitrogen functional groups attached to an aromatic ring is 1. The number of nitrogens with two attached hydrogens (primary N) is 1. The normalized spacial score (nSPS) is 16.1. The van der Waals surface area contributed by atoms with Crippen LogP contribution in [0.4, 0.5) is 5.82 Å². The van der Waals surface area contributed by atoms with Crippen molar-refractivity contribution in [2.45, 2.75) is 52.5 Å². The Bertz CT molecular complexity index is 608. The first-order valence-corrected chi connectivity index (χ1v) is 7.26. The highest BCUT2D eigenvalue weighted by molar-refractivity contribution is 5.89. The Balaban J connectivity index is 0.000000704. The first-order valence-electron chi connectivity index (χ1n) is 7.26. The smallest absolute Gasteiger partial charge is 0.145 e. The Morgan fingerprint density at radius 2 is 1.90 bits per heavy atom. The van der Waals surface area contributed by atoms with Crippen LogP contribution in [0.5, 0.6) is 0 Å². The summed E-state index contributed by atoms with van der Waals surface area (Å²) in [6, 6.07) is 0.355. The van der Waals surface area contributed by atoms with Gasteiger partial charge in [-0.2, -0.15) is 0 Å². The molecule has 3 rings (SSSR count). The molecule has 2 aromatic heterocycles. The molecule has 0 spiro atoms. The molecule has 0 unspecified atom stereocenters. The van der Waals surface area contributed by atoms with Gasteiger partial charge in [0.05, 0.1) is 5.39 Å². The van der Waals surface area contributed by atoms with E-state index in [1.807, 2.05) is 20.8 Å². The fraction of sp³-hybridized carbons (Fsp3) is 0.533. The Labute approximate surface area is 119 Å². The minimum absolute atomic E-state index is 0.355. The largest absolute Gasteiger partial charge is 0.383 e. The van der Waals surface area contributed by atoms with E-state index in [1.54, 1.807) is 0 Å². The van der Waals surface area contributed by atoms with Crippen molar-refractivity contribution in [2.24, 2.45) is 0 Å². The number of aryl methyl sites for hydroxylation is 1. The van der Waals surface area contributed by atoms with E-state index in [9.17, 15) is 4.79 Å². The van der Waals surface area contributed by atoms with Gasteiger partial charge in [-0.25, -0.2) is 9.97 Å². The lowest BCUT2D eigenvalue weighted by Crippen LogP contribution is -2.17. The summed E-state index contributed by atoms with van der Waals surface area (Å²) in [5, 5.41) is 0.939. The predicted molar refractivity (Wildman–Crippen MR) is 80.5 cm³/mol. The molecule has 1 aliphatic carbocycles. The topological polar surface area (TPSA) is 73.8 Å². The maximum atomic E-state index is 11.3. The standard InChI is InChI=1S/C13H16N4O.C2H6/c1-8-6-17(9-2-4-10(18)5-3-9)13-11(8)12(14)15-7-16-13;1-2/h6-7,9H,2-5H2,1H3,(H2,14,15,16);1-2H3. The Hall–Kier alpha value is -1.91. The summed E-state index contributed by atoms with van der Waals surface area (Å²) in [6.07, 6.45) is 6.71. The summed E-state index contributed by atoms with van der Waals surface area (Å²) in [5.41, 5.74) is 7.89. The minimum Gasteiger partial charge on any atom is -0.383 e. The van der Waals surface area contributed by atoms with Crippen LogP contribution < -0.4 is 5.73 Å². The van der Waals surface area contributed by atoms with Crippen molar-refractivity contribution in [3.63, 3.8) is 0 Å².